The average Bonchev–Trinajstić information content (AvgIpc) is 3.40. The highest BCUT2D eigenvalue weighted by Crippen LogP contribution is 2.48. The normalized spacial score (nSPS) is 25.6. The van der Waals surface area contributed by atoms with Gasteiger partial charge in [0.1, 0.15) is 12.4 Å². The van der Waals surface area contributed by atoms with Crippen molar-refractivity contribution >= 4 is 11.7 Å². The Hall–Kier alpha value is -3.51. The Morgan fingerprint density at radius 2 is 2.02 bits per heavy atom. The minimum Gasteiger partial charge on any atom is -0.462 e. The second kappa shape index (κ2) is 11.6. The first-order valence-corrected chi connectivity index (χ1v) is 15.4. The maximum absolute atomic E-state index is 13.8. The van der Waals surface area contributed by atoms with Crippen molar-refractivity contribution in [1.82, 2.24) is 19.8 Å². The number of anilines is 1. The topological polar surface area (TPSA) is 85.6 Å². The number of hydrogen-bond donors (Lipinski definition) is 0. The molecule has 2 saturated heterocycles. The first-order valence-electron chi connectivity index (χ1n) is 15.4. The van der Waals surface area contributed by atoms with Crippen molar-refractivity contribution in [3.8, 4) is 12.1 Å². The maximum Gasteiger partial charge on any atom is 0.318 e. The number of nitrogens with zero attached hydrogens (tertiary/aromatic N) is 6. The van der Waals surface area contributed by atoms with Gasteiger partial charge in [-0.05, 0) is 88.6 Å². The summed E-state index contributed by atoms with van der Waals surface area (Å²) in [5.74, 6) is -0.900. The van der Waals surface area contributed by atoms with Gasteiger partial charge >= 0.3 is 6.01 Å². The lowest BCUT2D eigenvalue weighted by atomic mass is 9.61. The van der Waals surface area contributed by atoms with Crippen molar-refractivity contribution in [2.75, 3.05) is 44.7 Å². The highest BCUT2D eigenvalue weighted by atomic mass is 19.1. The summed E-state index contributed by atoms with van der Waals surface area (Å²) >= 11 is 0. The molecule has 2 aliphatic heterocycles. The third-order valence-electron chi connectivity index (χ3n) is 10.2. The van der Waals surface area contributed by atoms with Crippen molar-refractivity contribution in [2.24, 2.45) is 0 Å². The minimum atomic E-state index is -0.994. The molecular formula is C33H41FN6O2. The highest BCUT2D eigenvalue weighted by molar-refractivity contribution is 5.91. The Labute approximate surface area is 248 Å². The summed E-state index contributed by atoms with van der Waals surface area (Å²) in [6.07, 6.45) is 8.54. The number of likely N-dealkylation sites (tertiary alicyclic amines) is 1. The van der Waals surface area contributed by atoms with Crippen molar-refractivity contribution in [3.63, 3.8) is 0 Å². The number of hydrogen-bond acceptors (Lipinski definition) is 7. The SMILES string of the molecule is C=C(F)C(=O)N1CCN(c2nc(OC[C@@H]3CCCN3C)nc3c2CCC2(CCCc4c(C)cccc42)C3)C[C@@H]1CC#N. The number of nitriles is 1. The Morgan fingerprint density at radius 1 is 1.17 bits per heavy atom. The molecule has 6 rings (SSSR count). The highest BCUT2D eigenvalue weighted by Gasteiger charge is 2.42. The minimum absolute atomic E-state index is 0.0527. The van der Waals surface area contributed by atoms with Crippen molar-refractivity contribution in [1.29, 1.82) is 5.26 Å². The molecule has 1 spiro atoms. The zero-order valence-electron chi connectivity index (χ0n) is 24.9. The molecule has 9 heteroatoms. The summed E-state index contributed by atoms with van der Waals surface area (Å²) in [6.45, 7) is 8.22. The van der Waals surface area contributed by atoms with Crippen LogP contribution in [0, 0.1) is 18.3 Å². The van der Waals surface area contributed by atoms with Gasteiger partial charge in [0.2, 0.25) is 0 Å². The number of halogens is 1. The zero-order chi connectivity index (χ0) is 29.4. The van der Waals surface area contributed by atoms with Crippen LogP contribution in [0.2, 0.25) is 0 Å². The first kappa shape index (κ1) is 28.6. The van der Waals surface area contributed by atoms with E-state index < -0.39 is 17.8 Å². The van der Waals surface area contributed by atoms with E-state index in [2.05, 4.69) is 54.6 Å². The molecule has 2 aliphatic carbocycles. The molecule has 3 atom stereocenters. The van der Waals surface area contributed by atoms with E-state index in [1.165, 1.54) is 28.0 Å². The summed E-state index contributed by atoms with van der Waals surface area (Å²) in [5, 5.41) is 9.51. The number of aryl methyl sites for hydroxylation is 1. The Balaban J connectivity index is 1.35. The fourth-order valence-electron chi connectivity index (χ4n) is 7.82. The second-order valence-corrected chi connectivity index (χ2v) is 12.6. The van der Waals surface area contributed by atoms with E-state index in [1.54, 1.807) is 0 Å². The number of aromatic nitrogens is 2. The molecule has 4 aliphatic rings. The van der Waals surface area contributed by atoms with Crippen LogP contribution in [0.1, 0.15) is 66.5 Å². The van der Waals surface area contributed by atoms with Crippen molar-refractivity contribution in [3.05, 3.63) is 58.6 Å². The van der Waals surface area contributed by atoms with E-state index in [9.17, 15) is 14.4 Å². The van der Waals surface area contributed by atoms with E-state index in [0.29, 0.717) is 38.3 Å². The summed E-state index contributed by atoms with van der Waals surface area (Å²) in [7, 11) is 2.13. The molecule has 0 radical (unpaired) electrons. The zero-order valence-corrected chi connectivity index (χ0v) is 24.9. The molecule has 3 heterocycles. The van der Waals surface area contributed by atoms with E-state index >= 15 is 0 Å². The molecule has 2 fully saturated rings. The molecule has 42 heavy (non-hydrogen) atoms. The van der Waals surface area contributed by atoms with Crippen LogP contribution in [-0.2, 0) is 29.5 Å². The molecule has 0 N–H and O–H groups in total. The molecule has 0 saturated carbocycles. The smallest absolute Gasteiger partial charge is 0.318 e. The summed E-state index contributed by atoms with van der Waals surface area (Å²) in [6, 6.07) is 9.21. The van der Waals surface area contributed by atoms with Crippen LogP contribution >= 0.6 is 0 Å². The summed E-state index contributed by atoms with van der Waals surface area (Å²) < 4.78 is 20.1. The maximum atomic E-state index is 13.8. The van der Waals surface area contributed by atoms with Gasteiger partial charge < -0.3 is 19.4 Å². The van der Waals surface area contributed by atoms with Gasteiger partial charge in [0.15, 0.2) is 5.83 Å². The third-order valence-corrected chi connectivity index (χ3v) is 10.2. The van der Waals surface area contributed by atoms with Crippen LogP contribution in [0.5, 0.6) is 6.01 Å². The molecule has 8 nitrogen and oxygen atoms in total. The molecular weight excluding hydrogens is 531 g/mol. The number of likely N-dealkylation sites (N-methyl/N-ethyl adjacent to an activating group) is 1. The quantitative estimate of drug-likeness (QED) is 0.474. The van der Waals surface area contributed by atoms with E-state index in [-0.39, 0.29) is 11.8 Å². The van der Waals surface area contributed by atoms with Gasteiger partial charge in [-0.2, -0.15) is 15.2 Å². The largest absolute Gasteiger partial charge is 0.462 e. The number of amides is 1. The lowest BCUT2D eigenvalue weighted by molar-refractivity contribution is -0.131. The predicted octanol–water partition coefficient (Wildman–Crippen LogP) is 4.44. The van der Waals surface area contributed by atoms with Crippen molar-refractivity contribution < 1.29 is 13.9 Å². The van der Waals surface area contributed by atoms with Crippen LogP contribution in [0.4, 0.5) is 10.2 Å². The first-order chi connectivity index (χ1) is 20.3. The Morgan fingerprint density at radius 3 is 2.79 bits per heavy atom. The van der Waals surface area contributed by atoms with Gasteiger partial charge in [0, 0.05) is 36.7 Å². The van der Waals surface area contributed by atoms with E-state index in [0.717, 1.165) is 68.6 Å². The standard InChI is InChI=1S/C33H41FN6O2/c1-22-7-4-10-28-26(22)9-5-13-33(28)14-11-27-29(19-33)36-32(42-21-25-8-6-16-38(25)3)37-30(27)39-17-18-40(31(41)23(2)34)24(20-39)12-15-35/h4,7,10,24-25H,2,5-6,8-9,11-14,16-21H2,1,3H3/t24-,25-,33?/m0/s1. The number of carbonyl (C=O) groups excluding carboxylic acids is 1. The molecule has 1 amide bonds. The average molecular weight is 573 g/mol. The fraction of sp³-hybridized carbons (Fsp3) is 0.576. The Bertz CT molecular complexity index is 1420. The van der Waals surface area contributed by atoms with Crippen LogP contribution in [-0.4, -0.2) is 77.6 Å². The number of piperazine rings is 1. The molecule has 1 unspecified atom stereocenters. The predicted molar refractivity (Wildman–Crippen MR) is 159 cm³/mol. The van der Waals surface area contributed by atoms with Crippen LogP contribution in [0.3, 0.4) is 0 Å². The number of rotatable bonds is 6. The lowest BCUT2D eigenvalue weighted by Crippen LogP contribution is -2.55. The van der Waals surface area contributed by atoms with Crippen LogP contribution in [0.25, 0.3) is 0 Å². The van der Waals surface area contributed by atoms with Gasteiger partial charge in [0.05, 0.1) is 24.2 Å². The molecule has 0 bridgehead atoms. The number of fused-ring (bicyclic) bond motifs is 3. The number of ether oxygens (including phenoxy) is 1. The van der Waals surface area contributed by atoms with Crippen LogP contribution < -0.4 is 9.64 Å². The van der Waals surface area contributed by atoms with Crippen LogP contribution in [0.15, 0.2) is 30.6 Å². The van der Waals surface area contributed by atoms with Gasteiger partial charge in [-0.25, -0.2) is 4.39 Å². The molecule has 222 valence electrons. The number of benzene rings is 1. The fourth-order valence-corrected chi connectivity index (χ4v) is 7.82. The third kappa shape index (κ3) is 5.26. The number of carbonyl (C=O) groups is 1. The van der Waals surface area contributed by atoms with E-state index in [1.807, 2.05) is 0 Å². The summed E-state index contributed by atoms with van der Waals surface area (Å²) in [4.78, 5) is 28.5. The van der Waals surface area contributed by atoms with Crippen molar-refractivity contribution in [2.45, 2.75) is 82.2 Å². The van der Waals surface area contributed by atoms with E-state index in [4.69, 9.17) is 14.7 Å². The molecule has 2 aromatic rings. The Kier molecular flexibility index (Phi) is 7.93. The van der Waals surface area contributed by atoms with Gasteiger partial charge in [0.25, 0.3) is 5.91 Å². The molecule has 1 aromatic heterocycles. The lowest BCUT2D eigenvalue weighted by Gasteiger charge is -2.45. The monoisotopic (exact) mass is 572 g/mol. The summed E-state index contributed by atoms with van der Waals surface area (Å²) in [5.41, 5.74) is 6.58. The second-order valence-electron chi connectivity index (χ2n) is 12.6. The van der Waals surface area contributed by atoms with Gasteiger partial charge in [-0.3, -0.25) is 4.79 Å². The van der Waals surface area contributed by atoms with Gasteiger partial charge in [-0.1, -0.05) is 24.8 Å². The molecule has 1 aromatic carbocycles. The van der Waals surface area contributed by atoms with Gasteiger partial charge in [-0.15, -0.1) is 0 Å².